The Hall–Kier alpha value is -2.21. The lowest BCUT2D eigenvalue weighted by molar-refractivity contribution is -0.126. The van der Waals surface area contributed by atoms with Gasteiger partial charge in [0.2, 0.25) is 11.7 Å². The van der Waals surface area contributed by atoms with E-state index in [-0.39, 0.29) is 5.91 Å². The molecular weight excluding hydrogens is 320 g/mol. The number of nitrogens with zero attached hydrogens (tertiary/aromatic N) is 1. The Morgan fingerprint density at radius 2 is 1.60 bits per heavy atom. The Bertz CT molecular complexity index is 568. The third-order valence-electron chi connectivity index (χ3n) is 3.78. The van der Waals surface area contributed by atoms with Crippen molar-refractivity contribution in [3.8, 4) is 17.2 Å². The van der Waals surface area contributed by atoms with E-state index in [1.54, 1.807) is 12.2 Å². The van der Waals surface area contributed by atoms with Gasteiger partial charge in [0.25, 0.3) is 0 Å². The van der Waals surface area contributed by atoms with Gasteiger partial charge in [-0.15, -0.1) is 0 Å². The molecule has 1 aromatic carbocycles. The predicted octanol–water partition coefficient (Wildman–Crippen LogP) is 2.33. The van der Waals surface area contributed by atoms with Crippen molar-refractivity contribution in [1.29, 1.82) is 0 Å². The molecule has 1 fully saturated rings. The minimum absolute atomic E-state index is 0.0197. The molecule has 6 heteroatoms. The smallest absolute Gasteiger partial charge is 0.246 e. The van der Waals surface area contributed by atoms with Crippen LogP contribution in [0.1, 0.15) is 26.3 Å². The second-order valence-corrected chi connectivity index (χ2v) is 5.55. The summed E-state index contributed by atoms with van der Waals surface area (Å²) in [4.78, 5) is 14.1. The van der Waals surface area contributed by atoms with E-state index in [1.807, 2.05) is 37.8 Å². The molecule has 0 spiro atoms. The van der Waals surface area contributed by atoms with Crippen molar-refractivity contribution in [1.82, 2.24) is 10.2 Å². The number of hydrogen-bond donors (Lipinski definition) is 1. The summed E-state index contributed by atoms with van der Waals surface area (Å²) in [5.74, 6) is 1.89. The lowest BCUT2D eigenvalue weighted by Crippen LogP contribution is -2.45. The summed E-state index contributed by atoms with van der Waals surface area (Å²) in [5, 5.41) is 3.24. The highest BCUT2D eigenvalue weighted by Gasteiger charge is 2.16. The summed E-state index contributed by atoms with van der Waals surface area (Å²) in [6.07, 6.45) is 3.40. The first kappa shape index (κ1) is 19.1. The first-order valence-electron chi connectivity index (χ1n) is 8.93. The average Bonchev–Trinajstić information content (AvgIpc) is 2.63. The average molecular weight is 348 g/mol. The topological polar surface area (TPSA) is 60.0 Å². The van der Waals surface area contributed by atoms with E-state index >= 15 is 0 Å². The maximum atomic E-state index is 12.3. The van der Waals surface area contributed by atoms with Crippen LogP contribution in [0.4, 0.5) is 0 Å². The van der Waals surface area contributed by atoms with E-state index in [1.165, 1.54) is 0 Å². The highest BCUT2D eigenvalue weighted by Crippen LogP contribution is 2.39. The van der Waals surface area contributed by atoms with Crippen molar-refractivity contribution in [3.63, 3.8) is 0 Å². The fourth-order valence-electron chi connectivity index (χ4n) is 2.66. The molecule has 0 aromatic heterocycles. The normalized spacial score (nSPS) is 14.6. The molecule has 0 unspecified atom stereocenters. The summed E-state index contributed by atoms with van der Waals surface area (Å²) < 4.78 is 17.1. The molecule has 1 amide bonds. The van der Waals surface area contributed by atoms with Crippen LogP contribution in [0, 0.1) is 0 Å². The van der Waals surface area contributed by atoms with Gasteiger partial charge < -0.3 is 24.4 Å². The molecule has 1 saturated heterocycles. The molecule has 0 saturated carbocycles. The van der Waals surface area contributed by atoms with Crippen molar-refractivity contribution in [2.45, 2.75) is 20.8 Å². The lowest BCUT2D eigenvalue weighted by Gasteiger charge is -2.26. The Morgan fingerprint density at radius 3 is 2.12 bits per heavy atom. The van der Waals surface area contributed by atoms with Crippen LogP contribution in [0.2, 0.25) is 0 Å². The van der Waals surface area contributed by atoms with Crippen molar-refractivity contribution in [2.24, 2.45) is 0 Å². The third-order valence-corrected chi connectivity index (χ3v) is 3.78. The Balaban J connectivity index is 2.23. The largest absolute Gasteiger partial charge is 0.490 e. The number of nitrogens with one attached hydrogen (secondary N) is 1. The minimum Gasteiger partial charge on any atom is -0.490 e. The van der Waals surface area contributed by atoms with Crippen LogP contribution in [0.25, 0.3) is 6.08 Å². The van der Waals surface area contributed by atoms with Crippen molar-refractivity contribution in [2.75, 3.05) is 46.0 Å². The number of benzene rings is 1. The van der Waals surface area contributed by atoms with Gasteiger partial charge in [-0.05, 0) is 44.5 Å². The molecule has 1 aliphatic heterocycles. The molecule has 1 aromatic rings. The van der Waals surface area contributed by atoms with E-state index in [4.69, 9.17) is 14.2 Å². The van der Waals surface area contributed by atoms with Gasteiger partial charge in [-0.2, -0.15) is 0 Å². The van der Waals surface area contributed by atoms with Gasteiger partial charge in [0, 0.05) is 32.3 Å². The zero-order valence-electron chi connectivity index (χ0n) is 15.3. The highest BCUT2D eigenvalue weighted by atomic mass is 16.5. The Morgan fingerprint density at radius 1 is 1.04 bits per heavy atom. The molecule has 0 aliphatic carbocycles. The molecule has 2 rings (SSSR count). The SMILES string of the molecule is CCOc1cc(C=CC(=O)N2CCNCC2)cc(OCC)c1OCC. The van der Waals surface area contributed by atoms with Gasteiger partial charge in [0.1, 0.15) is 0 Å². The summed E-state index contributed by atoms with van der Waals surface area (Å²) in [6, 6.07) is 3.75. The zero-order valence-corrected chi connectivity index (χ0v) is 15.3. The van der Waals surface area contributed by atoms with Gasteiger partial charge in [0.15, 0.2) is 11.5 Å². The molecule has 0 radical (unpaired) electrons. The number of ether oxygens (including phenoxy) is 3. The second kappa shape index (κ2) is 9.93. The van der Waals surface area contributed by atoms with E-state index in [2.05, 4.69) is 5.32 Å². The summed E-state index contributed by atoms with van der Waals surface area (Å²) >= 11 is 0. The fourth-order valence-corrected chi connectivity index (χ4v) is 2.66. The Labute approximate surface area is 149 Å². The van der Waals surface area contributed by atoms with Crippen molar-refractivity contribution >= 4 is 12.0 Å². The standard InChI is InChI=1S/C19H28N2O4/c1-4-23-16-13-15(14-17(24-5-2)19(16)25-6-3)7-8-18(22)21-11-9-20-10-12-21/h7-8,13-14,20H,4-6,9-12H2,1-3H3. The fraction of sp³-hybridized carbons (Fsp3) is 0.526. The molecule has 1 heterocycles. The molecule has 0 atom stereocenters. The first-order chi connectivity index (χ1) is 12.2. The van der Waals surface area contributed by atoms with Crippen LogP contribution in [0.5, 0.6) is 17.2 Å². The maximum absolute atomic E-state index is 12.3. The van der Waals surface area contributed by atoms with Crippen LogP contribution < -0.4 is 19.5 Å². The van der Waals surface area contributed by atoms with E-state index in [0.29, 0.717) is 37.1 Å². The van der Waals surface area contributed by atoms with Crippen molar-refractivity contribution < 1.29 is 19.0 Å². The number of rotatable bonds is 8. The van der Waals surface area contributed by atoms with Crippen molar-refractivity contribution in [3.05, 3.63) is 23.8 Å². The second-order valence-electron chi connectivity index (χ2n) is 5.55. The van der Waals surface area contributed by atoms with Crippen LogP contribution in [0.15, 0.2) is 18.2 Å². The highest BCUT2D eigenvalue weighted by molar-refractivity contribution is 5.92. The molecular formula is C19H28N2O4. The van der Waals surface area contributed by atoms with E-state index in [0.717, 1.165) is 31.7 Å². The number of carbonyl (C=O) groups excluding carboxylic acids is 1. The predicted molar refractivity (Wildman–Crippen MR) is 98.4 cm³/mol. The quantitative estimate of drug-likeness (QED) is 0.731. The molecule has 6 nitrogen and oxygen atoms in total. The molecule has 1 aliphatic rings. The summed E-state index contributed by atoms with van der Waals surface area (Å²) in [7, 11) is 0. The van der Waals surface area contributed by atoms with Crippen LogP contribution >= 0.6 is 0 Å². The minimum atomic E-state index is 0.0197. The maximum Gasteiger partial charge on any atom is 0.246 e. The van der Waals surface area contributed by atoms with E-state index in [9.17, 15) is 4.79 Å². The van der Waals surface area contributed by atoms with Gasteiger partial charge >= 0.3 is 0 Å². The third kappa shape index (κ3) is 5.39. The van der Waals surface area contributed by atoms with Gasteiger partial charge in [-0.1, -0.05) is 0 Å². The van der Waals surface area contributed by atoms with Gasteiger partial charge in [-0.3, -0.25) is 4.79 Å². The summed E-state index contributed by atoms with van der Waals surface area (Å²) in [6.45, 7) is 10.5. The molecule has 1 N–H and O–H groups in total. The molecule has 138 valence electrons. The van der Waals surface area contributed by atoms with Gasteiger partial charge in [-0.25, -0.2) is 0 Å². The number of carbonyl (C=O) groups is 1. The number of piperazine rings is 1. The summed E-state index contributed by atoms with van der Waals surface area (Å²) in [5.41, 5.74) is 0.846. The first-order valence-corrected chi connectivity index (χ1v) is 8.93. The Kier molecular flexibility index (Phi) is 7.60. The lowest BCUT2D eigenvalue weighted by atomic mass is 10.1. The number of hydrogen-bond acceptors (Lipinski definition) is 5. The monoisotopic (exact) mass is 348 g/mol. The zero-order chi connectivity index (χ0) is 18.1. The van der Waals surface area contributed by atoms with Crippen LogP contribution in [-0.2, 0) is 4.79 Å². The van der Waals surface area contributed by atoms with Crippen LogP contribution in [-0.4, -0.2) is 56.8 Å². The number of amides is 1. The van der Waals surface area contributed by atoms with Crippen LogP contribution in [0.3, 0.4) is 0 Å². The van der Waals surface area contributed by atoms with E-state index < -0.39 is 0 Å². The molecule has 25 heavy (non-hydrogen) atoms. The van der Waals surface area contributed by atoms with Gasteiger partial charge in [0.05, 0.1) is 19.8 Å². The molecule has 0 bridgehead atoms.